The van der Waals surface area contributed by atoms with E-state index < -0.39 is 0 Å². The van der Waals surface area contributed by atoms with Crippen LogP contribution in [0.5, 0.6) is 0 Å². The van der Waals surface area contributed by atoms with Crippen LogP contribution in [0.3, 0.4) is 0 Å². The molecule has 2 aromatic rings. The SMILES string of the molecule is Fc1cc(Cl)ccc1Cn1nc(Br)cc1Br. The van der Waals surface area contributed by atoms with Crippen molar-refractivity contribution >= 4 is 43.5 Å². The normalized spacial score (nSPS) is 10.8. The first-order valence-electron chi connectivity index (χ1n) is 4.39. The molecule has 0 bridgehead atoms. The molecule has 1 aromatic carbocycles. The Labute approximate surface area is 114 Å². The summed E-state index contributed by atoms with van der Waals surface area (Å²) in [6, 6.07) is 6.41. The van der Waals surface area contributed by atoms with Crippen molar-refractivity contribution in [3.63, 3.8) is 0 Å². The standard InChI is InChI=1S/C10H6Br2ClFN2/c11-9-4-10(12)16(15-9)5-6-1-2-7(13)3-8(6)14/h1-4H,5H2. The number of nitrogens with zero attached hydrogens (tertiary/aromatic N) is 2. The summed E-state index contributed by atoms with van der Waals surface area (Å²) < 4.78 is 16.7. The Morgan fingerprint density at radius 1 is 1.31 bits per heavy atom. The molecule has 1 heterocycles. The van der Waals surface area contributed by atoms with Crippen molar-refractivity contribution in [2.24, 2.45) is 0 Å². The molecule has 1 aromatic heterocycles. The van der Waals surface area contributed by atoms with Crippen LogP contribution < -0.4 is 0 Å². The van der Waals surface area contributed by atoms with Gasteiger partial charge in [-0.2, -0.15) is 5.10 Å². The highest BCUT2D eigenvalue weighted by molar-refractivity contribution is 9.11. The molecule has 0 aliphatic rings. The van der Waals surface area contributed by atoms with Crippen molar-refractivity contribution in [2.75, 3.05) is 0 Å². The third-order valence-corrected chi connectivity index (χ3v) is 3.30. The van der Waals surface area contributed by atoms with Gasteiger partial charge in [0.1, 0.15) is 15.0 Å². The predicted molar refractivity (Wildman–Crippen MR) is 68.1 cm³/mol. The highest BCUT2D eigenvalue weighted by Crippen LogP contribution is 2.20. The molecule has 2 nitrogen and oxygen atoms in total. The van der Waals surface area contributed by atoms with E-state index in [0.29, 0.717) is 21.7 Å². The molecule has 0 N–H and O–H groups in total. The zero-order valence-corrected chi connectivity index (χ0v) is 11.9. The number of benzene rings is 1. The van der Waals surface area contributed by atoms with Gasteiger partial charge in [0.05, 0.1) is 6.54 Å². The summed E-state index contributed by atoms with van der Waals surface area (Å²) in [6.07, 6.45) is 0. The second kappa shape index (κ2) is 4.85. The fourth-order valence-corrected chi connectivity index (χ4v) is 2.58. The van der Waals surface area contributed by atoms with Gasteiger partial charge in [-0.05, 0) is 44.0 Å². The minimum atomic E-state index is -0.328. The van der Waals surface area contributed by atoms with E-state index in [2.05, 4.69) is 37.0 Å². The van der Waals surface area contributed by atoms with E-state index in [-0.39, 0.29) is 5.82 Å². The summed E-state index contributed by atoms with van der Waals surface area (Å²) in [7, 11) is 0. The van der Waals surface area contributed by atoms with Crippen molar-refractivity contribution in [1.82, 2.24) is 9.78 Å². The van der Waals surface area contributed by atoms with Crippen LogP contribution >= 0.6 is 43.5 Å². The topological polar surface area (TPSA) is 17.8 Å². The zero-order valence-electron chi connectivity index (χ0n) is 7.92. The average molecular weight is 368 g/mol. The van der Waals surface area contributed by atoms with Gasteiger partial charge in [-0.3, -0.25) is 4.68 Å². The van der Waals surface area contributed by atoms with Gasteiger partial charge in [0.2, 0.25) is 0 Å². The van der Waals surface area contributed by atoms with Gasteiger partial charge in [-0.1, -0.05) is 17.7 Å². The van der Waals surface area contributed by atoms with E-state index in [9.17, 15) is 4.39 Å². The van der Waals surface area contributed by atoms with Gasteiger partial charge in [0.25, 0.3) is 0 Å². The molecule has 0 saturated carbocycles. The molecule has 16 heavy (non-hydrogen) atoms. The highest BCUT2D eigenvalue weighted by atomic mass is 79.9. The lowest BCUT2D eigenvalue weighted by Crippen LogP contribution is -2.03. The van der Waals surface area contributed by atoms with Crippen LogP contribution in [0.1, 0.15) is 5.56 Å². The summed E-state index contributed by atoms with van der Waals surface area (Å²) in [6.45, 7) is 0.356. The predicted octanol–water partition coefficient (Wildman–Crippen LogP) is 4.25. The summed E-state index contributed by atoms with van der Waals surface area (Å²) in [5.41, 5.74) is 0.542. The minimum Gasteiger partial charge on any atom is -0.253 e. The second-order valence-corrected chi connectivity index (χ2v) is 5.24. The summed E-state index contributed by atoms with van der Waals surface area (Å²) >= 11 is 12.3. The largest absolute Gasteiger partial charge is 0.253 e. The van der Waals surface area contributed by atoms with Crippen LogP contribution in [0.4, 0.5) is 4.39 Å². The fraction of sp³-hybridized carbons (Fsp3) is 0.100. The summed E-state index contributed by atoms with van der Waals surface area (Å²) in [4.78, 5) is 0. The Bertz CT molecular complexity index is 528. The van der Waals surface area contributed by atoms with E-state index in [0.717, 1.165) is 4.60 Å². The molecule has 6 heteroatoms. The third kappa shape index (κ3) is 2.64. The van der Waals surface area contributed by atoms with E-state index in [1.807, 2.05) is 0 Å². The van der Waals surface area contributed by atoms with Crippen molar-refractivity contribution in [3.05, 3.63) is 49.9 Å². The van der Waals surface area contributed by atoms with Gasteiger partial charge in [-0.15, -0.1) is 0 Å². The van der Waals surface area contributed by atoms with E-state index in [1.54, 1.807) is 22.9 Å². The molecule has 84 valence electrons. The minimum absolute atomic E-state index is 0.328. The van der Waals surface area contributed by atoms with Gasteiger partial charge in [-0.25, -0.2) is 4.39 Å². The molecule has 0 radical (unpaired) electrons. The number of hydrogen-bond acceptors (Lipinski definition) is 1. The summed E-state index contributed by atoms with van der Waals surface area (Å²) in [5.74, 6) is -0.328. The Morgan fingerprint density at radius 2 is 2.06 bits per heavy atom. The Morgan fingerprint density at radius 3 is 2.62 bits per heavy atom. The third-order valence-electron chi connectivity index (χ3n) is 2.04. The lowest BCUT2D eigenvalue weighted by molar-refractivity contribution is 0.580. The highest BCUT2D eigenvalue weighted by Gasteiger charge is 2.08. The fourth-order valence-electron chi connectivity index (χ4n) is 1.29. The van der Waals surface area contributed by atoms with Crippen LogP contribution in [0.25, 0.3) is 0 Å². The first kappa shape index (κ1) is 12.1. The van der Waals surface area contributed by atoms with E-state index in [4.69, 9.17) is 11.6 Å². The van der Waals surface area contributed by atoms with Crippen molar-refractivity contribution in [2.45, 2.75) is 6.54 Å². The Balaban J connectivity index is 2.30. The molecule has 0 fully saturated rings. The number of rotatable bonds is 2. The lowest BCUT2D eigenvalue weighted by atomic mass is 10.2. The molecule has 0 spiro atoms. The first-order chi connectivity index (χ1) is 7.56. The van der Waals surface area contributed by atoms with Crippen molar-refractivity contribution in [1.29, 1.82) is 0 Å². The number of hydrogen-bond donors (Lipinski definition) is 0. The summed E-state index contributed by atoms with van der Waals surface area (Å²) in [5, 5.41) is 4.55. The van der Waals surface area contributed by atoms with E-state index >= 15 is 0 Å². The smallest absolute Gasteiger partial charge is 0.129 e. The molecule has 0 unspecified atom stereocenters. The average Bonchev–Trinajstić information content (AvgIpc) is 2.50. The maximum absolute atomic E-state index is 13.5. The molecule has 0 aliphatic carbocycles. The lowest BCUT2D eigenvalue weighted by Gasteiger charge is -2.05. The van der Waals surface area contributed by atoms with Crippen LogP contribution in [0, 0.1) is 5.82 Å². The molecule has 0 aliphatic heterocycles. The molecular weight excluding hydrogens is 362 g/mol. The molecule has 2 rings (SSSR count). The van der Waals surface area contributed by atoms with Crippen molar-refractivity contribution in [3.8, 4) is 0 Å². The molecular formula is C10H6Br2ClFN2. The van der Waals surface area contributed by atoms with Gasteiger partial charge in [0.15, 0.2) is 0 Å². The molecule has 0 atom stereocenters. The van der Waals surface area contributed by atoms with Crippen molar-refractivity contribution < 1.29 is 4.39 Å². The Hall–Kier alpha value is -0.390. The maximum Gasteiger partial charge on any atom is 0.129 e. The van der Waals surface area contributed by atoms with Crippen LogP contribution in [-0.2, 0) is 6.54 Å². The van der Waals surface area contributed by atoms with E-state index in [1.165, 1.54) is 6.07 Å². The number of aromatic nitrogens is 2. The van der Waals surface area contributed by atoms with Gasteiger partial charge < -0.3 is 0 Å². The molecule has 0 saturated heterocycles. The van der Waals surface area contributed by atoms with Crippen LogP contribution in [-0.4, -0.2) is 9.78 Å². The van der Waals surface area contributed by atoms with Gasteiger partial charge >= 0.3 is 0 Å². The van der Waals surface area contributed by atoms with Crippen LogP contribution in [0.2, 0.25) is 5.02 Å². The van der Waals surface area contributed by atoms with Crippen LogP contribution in [0.15, 0.2) is 33.5 Å². The zero-order chi connectivity index (χ0) is 11.7. The van der Waals surface area contributed by atoms with Gasteiger partial charge in [0, 0.05) is 16.7 Å². The second-order valence-electron chi connectivity index (χ2n) is 3.18. The quantitative estimate of drug-likeness (QED) is 0.775. The molecule has 0 amide bonds. The Kier molecular flexibility index (Phi) is 3.66. The first-order valence-corrected chi connectivity index (χ1v) is 6.35. The monoisotopic (exact) mass is 366 g/mol. The number of halogens is 4. The maximum atomic E-state index is 13.5.